The van der Waals surface area contributed by atoms with Gasteiger partial charge in [-0.05, 0) is 47.5 Å². The Bertz CT molecular complexity index is 1050. The second kappa shape index (κ2) is 5.92. The summed E-state index contributed by atoms with van der Waals surface area (Å²) in [5.74, 6) is -3.55. The quantitative estimate of drug-likeness (QED) is 0.445. The molecule has 0 radical (unpaired) electrons. The van der Waals surface area contributed by atoms with E-state index in [-0.39, 0.29) is 16.5 Å². The summed E-state index contributed by atoms with van der Waals surface area (Å²) in [6.45, 7) is 8.75. The summed E-state index contributed by atoms with van der Waals surface area (Å²) in [5.41, 5.74) is 3.02. The first kappa shape index (κ1) is 19.6. The number of carbonyl (C=O) groups excluding carboxylic acids is 1. The van der Waals surface area contributed by atoms with Crippen molar-refractivity contribution >= 4 is 34.2 Å². The van der Waals surface area contributed by atoms with Crippen LogP contribution >= 0.6 is 11.6 Å². The molecule has 1 aromatic heterocycles. The van der Waals surface area contributed by atoms with Crippen LogP contribution in [-0.2, 0) is 16.7 Å². The zero-order valence-electron chi connectivity index (χ0n) is 15.8. The van der Waals surface area contributed by atoms with Gasteiger partial charge < -0.3 is 15.0 Å². The Hall–Kier alpha value is -2.15. The van der Waals surface area contributed by atoms with Crippen molar-refractivity contribution in [3.8, 4) is 0 Å². The lowest BCUT2D eigenvalue weighted by molar-refractivity contribution is 0.00664. The fourth-order valence-corrected chi connectivity index (χ4v) is 3.85. The molecule has 3 rings (SSSR count). The van der Waals surface area contributed by atoms with Crippen LogP contribution in [0.1, 0.15) is 57.1 Å². The SMILES string of the molecule is CC(C)(C)OC(=O)c1c2n(c3c(Cl)c(F)c(F)c(N)c3c1=O)C(C)(C)CC2. The predicted octanol–water partition coefficient (Wildman–Crippen LogP) is 4.15. The van der Waals surface area contributed by atoms with Crippen molar-refractivity contribution < 1.29 is 18.3 Å². The summed E-state index contributed by atoms with van der Waals surface area (Å²) in [7, 11) is 0. The van der Waals surface area contributed by atoms with Gasteiger partial charge in [0, 0.05) is 11.2 Å². The third-order valence-corrected chi connectivity index (χ3v) is 5.10. The molecular formula is C19H21ClF2N2O3. The van der Waals surface area contributed by atoms with Gasteiger partial charge in [-0.3, -0.25) is 4.79 Å². The van der Waals surface area contributed by atoms with Crippen LogP contribution < -0.4 is 11.2 Å². The van der Waals surface area contributed by atoms with Gasteiger partial charge in [0.25, 0.3) is 0 Å². The highest BCUT2D eigenvalue weighted by Crippen LogP contribution is 2.41. The van der Waals surface area contributed by atoms with Crippen molar-refractivity contribution in [2.75, 3.05) is 5.73 Å². The summed E-state index contributed by atoms with van der Waals surface area (Å²) in [6, 6.07) is 0. The van der Waals surface area contributed by atoms with Crippen LogP contribution in [0.2, 0.25) is 5.02 Å². The van der Waals surface area contributed by atoms with Crippen LogP contribution in [0.4, 0.5) is 14.5 Å². The number of fused-ring (bicyclic) bond motifs is 3. The minimum atomic E-state index is -1.41. The van der Waals surface area contributed by atoms with E-state index in [1.807, 2.05) is 13.8 Å². The number of halogens is 3. The first-order valence-electron chi connectivity index (χ1n) is 8.55. The van der Waals surface area contributed by atoms with Gasteiger partial charge in [-0.25, -0.2) is 13.6 Å². The Balaban J connectivity index is 2.54. The number of aromatic nitrogens is 1. The van der Waals surface area contributed by atoms with Crippen molar-refractivity contribution in [2.45, 2.75) is 58.6 Å². The Morgan fingerprint density at radius 2 is 1.85 bits per heavy atom. The zero-order chi connectivity index (χ0) is 20.5. The predicted molar refractivity (Wildman–Crippen MR) is 100 cm³/mol. The van der Waals surface area contributed by atoms with Crippen molar-refractivity contribution in [1.82, 2.24) is 4.57 Å². The van der Waals surface area contributed by atoms with E-state index in [2.05, 4.69) is 0 Å². The minimum Gasteiger partial charge on any atom is -0.456 e. The van der Waals surface area contributed by atoms with Crippen molar-refractivity contribution in [2.24, 2.45) is 0 Å². The molecule has 0 saturated carbocycles. The molecule has 2 N–H and O–H groups in total. The number of nitrogen functional groups attached to an aromatic ring is 1. The number of anilines is 1. The normalized spacial score (nSPS) is 15.9. The number of nitrogens with two attached hydrogens (primary N) is 1. The van der Waals surface area contributed by atoms with Crippen molar-refractivity contribution in [1.29, 1.82) is 0 Å². The van der Waals surface area contributed by atoms with Gasteiger partial charge in [0.15, 0.2) is 11.6 Å². The molecule has 27 heavy (non-hydrogen) atoms. The number of ether oxygens (including phenoxy) is 1. The number of pyridine rings is 1. The average Bonchev–Trinajstić information content (AvgIpc) is 2.83. The molecule has 146 valence electrons. The van der Waals surface area contributed by atoms with E-state index >= 15 is 0 Å². The number of nitrogens with zero attached hydrogens (tertiary/aromatic N) is 1. The monoisotopic (exact) mass is 398 g/mol. The van der Waals surface area contributed by atoms with E-state index < -0.39 is 44.9 Å². The first-order valence-corrected chi connectivity index (χ1v) is 8.93. The van der Waals surface area contributed by atoms with E-state index in [0.29, 0.717) is 18.5 Å². The highest BCUT2D eigenvalue weighted by atomic mass is 35.5. The smallest absolute Gasteiger partial charge is 0.344 e. The molecular weight excluding hydrogens is 378 g/mol. The molecule has 0 fully saturated rings. The Labute approximate surface area is 160 Å². The molecule has 1 aliphatic rings. The lowest BCUT2D eigenvalue weighted by atomic mass is 10.0. The lowest BCUT2D eigenvalue weighted by Crippen LogP contribution is -2.32. The molecule has 1 aromatic carbocycles. The molecule has 0 spiro atoms. The molecule has 2 aromatic rings. The Morgan fingerprint density at radius 1 is 1.26 bits per heavy atom. The van der Waals surface area contributed by atoms with Gasteiger partial charge in [-0.1, -0.05) is 11.6 Å². The van der Waals surface area contributed by atoms with Crippen LogP contribution in [0, 0.1) is 11.6 Å². The highest BCUT2D eigenvalue weighted by Gasteiger charge is 2.38. The van der Waals surface area contributed by atoms with Crippen molar-refractivity contribution in [3.05, 3.63) is 38.1 Å². The Morgan fingerprint density at radius 3 is 2.41 bits per heavy atom. The number of hydrogen-bond acceptors (Lipinski definition) is 4. The van der Waals surface area contributed by atoms with Gasteiger partial charge in [0.2, 0.25) is 5.43 Å². The molecule has 2 heterocycles. The summed E-state index contributed by atoms with van der Waals surface area (Å²) in [4.78, 5) is 25.9. The van der Waals surface area contributed by atoms with Crippen molar-refractivity contribution in [3.63, 3.8) is 0 Å². The molecule has 0 saturated heterocycles. The third kappa shape index (κ3) is 2.88. The zero-order valence-corrected chi connectivity index (χ0v) is 16.6. The number of esters is 1. The van der Waals surface area contributed by atoms with E-state index in [9.17, 15) is 18.4 Å². The molecule has 0 atom stereocenters. The standard InChI is InChI=1S/C19H21ClF2N2O3/c1-18(2,3)27-17(26)9-8-6-7-19(4,5)24(8)15-10(16(9)25)14(23)13(22)12(21)11(15)20/h6-7,23H2,1-5H3. The number of rotatable bonds is 1. The summed E-state index contributed by atoms with van der Waals surface area (Å²) >= 11 is 6.08. The maximum atomic E-state index is 14.3. The average molecular weight is 399 g/mol. The molecule has 5 nitrogen and oxygen atoms in total. The van der Waals surface area contributed by atoms with E-state index in [4.69, 9.17) is 22.1 Å². The summed E-state index contributed by atoms with van der Waals surface area (Å²) in [5, 5.41) is -0.834. The largest absolute Gasteiger partial charge is 0.456 e. The van der Waals surface area contributed by atoms with Gasteiger partial charge in [0.1, 0.15) is 16.2 Å². The fourth-order valence-electron chi connectivity index (χ4n) is 3.59. The molecule has 0 unspecified atom stereocenters. The van der Waals surface area contributed by atoms with Crippen LogP contribution in [0.25, 0.3) is 10.9 Å². The van der Waals surface area contributed by atoms with Gasteiger partial charge in [-0.2, -0.15) is 0 Å². The fraction of sp³-hybridized carbons (Fsp3) is 0.474. The van der Waals surface area contributed by atoms with Gasteiger partial charge >= 0.3 is 5.97 Å². The van der Waals surface area contributed by atoms with E-state index in [0.717, 1.165) is 0 Å². The molecule has 1 aliphatic heterocycles. The maximum Gasteiger partial charge on any atom is 0.344 e. The second-order valence-corrected chi connectivity index (χ2v) is 8.76. The lowest BCUT2D eigenvalue weighted by Gasteiger charge is -2.27. The molecule has 0 aliphatic carbocycles. The summed E-state index contributed by atoms with van der Waals surface area (Å²) in [6.07, 6.45) is 0.971. The highest BCUT2D eigenvalue weighted by molar-refractivity contribution is 6.36. The molecule has 0 amide bonds. The van der Waals surface area contributed by atoms with E-state index in [1.54, 1.807) is 25.3 Å². The number of hydrogen-bond donors (Lipinski definition) is 1. The number of carbonyl (C=O) groups is 1. The van der Waals surface area contributed by atoms with Gasteiger partial charge in [-0.15, -0.1) is 0 Å². The first-order chi connectivity index (χ1) is 12.3. The van der Waals surface area contributed by atoms with Crippen LogP contribution in [0.5, 0.6) is 0 Å². The third-order valence-electron chi connectivity index (χ3n) is 4.75. The topological polar surface area (TPSA) is 74.3 Å². The van der Waals surface area contributed by atoms with Crippen LogP contribution in [0.15, 0.2) is 4.79 Å². The van der Waals surface area contributed by atoms with E-state index in [1.165, 1.54) is 0 Å². The second-order valence-electron chi connectivity index (χ2n) is 8.38. The molecule has 0 bridgehead atoms. The van der Waals surface area contributed by atoms with Crippen LogP contribution in [-0.4, -0.2) is 16.1 Å². The number of benzene rings is 1. The maximum absolute atomic E-state index is 14.3. The summed E-state index contributed by atoms with van der Waals surface area (Å²) < 4.78 is 35.5. The minimum absolute atomic E-state index is 0.00266. The Kier molecular flexibility index (Phi) is 4.30. The van der Waals surface area contributed by atoms with Gasteiger partial charge in [0.05, 0.1) is 16.6 Å². The van der Waals surface area contributed by atoms with Crippen LogP contribution in [0.3, 0.4) is 0 Å². The molecule has 8 heteroatoms.